The highest BCUT2D eigenvalue weighted by Crippen LogP contribution is 2.25. The zero-order chi connectivity index (χ0) is 17.2. The molecule has 0 saturated carbocycles. The van der Waals surface area contributed by atoms with Gasteiger partial charge in [0, 0.05) is 18.0 Å². The van der Waals surface area contributed by atoms with Crippen LogP contribution in [0.4, 0.5) is 0 Å². The van der Waals surface area contributed by atoms with Crippen LogP contribution in [0, 0.1) is 0 Å². The van der Waals surface area contributed by atoms with Crippen molar-refractivity contribution < 1.29 is 12.8 Å². The Kier molecular flexibility index (Phi) is 4.81. The summed E-state index contributed by atoms with van der Waals surface area (Å²) in [4.78, 5) is 3.88. The molecule has 0 aliphatic heterocycles. The van der Waals surface area contributed by atoms with Gasteiger partial charge in [-0.15, -0.1) is 10.2 Å². The van der Waals surface area contributed by atoms with Crippen LogP contribution < -0.4 is 4.72 Å². The Morgan fingerprint density at radius 3 is 2.50 bits per heavy atom. The van der Waals surface area contributed by atoms with Gasteiger partial charge in [0.05, 0.1) is 21.5 Å². The third kappa shape index (κ3) is 3.73. The molecule has 124 valence electrons. The van der Waals surface area contributed by atoms with Gasteiger partial charge in [0.2, 0.25) is 21.8 Å². The van der Waals surface area contributed by atoms with E-state index in [0.717, 1.165) is 0 Å². The van der Waals surface area contributed by atoms with Gasteiger partial charge in [-0.1, -0.05) is 23.2 Å². The monoisotopic (exact) mass is 384 g/mol. The molecule has 1 N–H and O–H groups in total. The molecule has 2 heterocycles. The molecular weight excluding hydrogens is 375 g/mol. The third-order valence-corrected chi connectivity index (χ3v) is 5.15. The number of nitrogens with one attached hydrogen (secondary N) is 1. The number of hydrogen-bond acceptors (Lipinski definition) is 6. The molecule has 0 atom stereocenters. The quantitative estimate of drug-likeness (QED) is 0.725. The molecule has 0 saturated heterocycles. The molecule has 0 aliphatic rings. The van der Waals surface area contributed by atoms with Crippen molar-refractivity contribution in [3.63, 3.8) is 0 Å². The second-order valence-corrected chi connectivity index (χ2v) is 7.22. The fraction of sp³-hybridized carbons (Fsp3) is 0.0714. The van der Waals surface area contributed by atoms with E-state index in [1.807, 2.05) is 0 Å². The minimum Gasteiger partial charge on any atom is -0.419 e. The number of benzene rings is 1. The first-order chi connectivity index (χ1) is 11.5. The van der Waals surface area contributed by atoms with Crippen LogP contribution in [0.3, 0.4) is 0 Å². The van der Waals surface area contributed by atoms with Gasteiger partial charge in [-0.05, 0) is 30.3 Å². The molecule has 10 heteroatoms. The zero-order valence-corrected chi connectivity index (χ0v) is 14.3. The lowest BCUT2D eigenvalue weighted by Gasteiger charge is -2.05. The van der Waals surface area contributed by atoms with E-state index in [4.69, 9.17) is 27.6 Å². The highest BCUT2D eigenvalue weighted by atomic mass is 35.5. The normalized spacial score (nSPS) is 11.6. The van der Waals surface area contributed by atoms with Gasteiger partial charge >= 0.3 is 0 Å². The van der Waals surface area contributed by atoms with Crippen LogP contribution in [-0.4, -0.2) is 23.6 Å². The van der Waals surface area contributed by atoms with Crippen LogP contribution in [-0.2, 0) is 16.6 Å². The minimum atomic E-state index is -3.78. The molecule has 2 aromatic heterocycles. The molecule has 3 rings (SSSR count). The maximum absolute atomic E-state index is 12.2. The lowest BCUT2D eigenvalue weighted by atomic mass is 10.3. The molecule has 3 aromatic rings. The summed E-state index contributed by atoms with van der Waals surface area (Å²) in [5.74, 6) is 0.409. The van der Waals surface area contributed by atoms with Crippen LogP contribution in [0.25, 0.3) is 11.5 Å². The number of rotatable bonds is 5. The summed E-state index contributed by atoms with van der Waals surface area (Å²) in [6.45, 7) is -0.152. The third-order valence-electron chi connectivity index (χ3n) is 3.01. The fourth-order valence-corrected chi connectivity index (χ4v) is 3.18. The Balaban J connectivity index is 1.73. The number of pyridine rings is 1. The summed E-state index contributed by atoms with van der Waals surface area (Å²) in [5, 5.41) is 8.10. The summed E-state index contributed by atoms with van der Waals surface area (Å²) in [7, 11) is -3.78. The number of halogens is 2. The second-order valence-electron chi connectivity index (χ2n) is 4.64. The first-order valence-electron chi connectivity index (χ1n) is 6.63. The van der Waals surface area contributed by atoms with E-state index in [1.54, 1.807) is 24.5 Å². The number of hydrogen-bond donors (Lipinski definition) is 1. The summed E-state index contributed by atoms with van der Waals surface area (Å²) in [6, 6.07) is 7.44. The predicted octanol–water partition coefficient (Wildman–Crippen LogP) is 2.92. The van der Waals surface area contributed by atoms with Gasteiger partial charge in [0.25, 0.3) is 0 Å². The Hall–Kier alpha value is -2.00. The van der Waals surface area contributed by atoms with E-state index in [-0.39, 0.29) is 33.3 Å². The average molecular weight is 385 g/mol. The smallest absolute Gasteiger partial charge is 0.247 e. The SMILES string of the molecule is O=S(=O)(NCc1nnc(-c2ccncc2)o1)c1ccc(Cl)c(Cl)c1. The van der Waals surface area contributed by atoms with Gasteiger partial charge in [-0.3, -0.25) is 4.98 Å². The van der Waals surface area contributed by atoms with Gasteiger partial charge in [0.15, 0.2) is 0 Å². The van der Waals surface area contributed by atoms with Crippen LogP contribution in [0.1, 0.15) is 5.89 Å². The Morgan fingerprint density at radius 2 is 1.79 bits per heavy atom. The fourth-order valence-electron chi connectivity index (χ4n) is 1.82. The number of nitrogens with zero attached hydrogens (tertiary/aromatic N) is 3. The van der Waals surface area contributed by atoms with E-state index >= 15 is 0 Å². The summed E-state index contributed by atoms with van der Waals surface area (Å²) in [6.07, 6.45) is 3.18. The molecule has 0 spiro atoms. The Labute approximate surface area is 147 Å². The highest BCUT2D eigenvalue weighted by molar-refractivity contribution is 7.89. The summed E-state index contributed by atoms with van der Waals surface area (Å²) in [5.41, 5.74) is 0.691. The molecule has 1 aromatic carbocycles. The Bertz CT molecular complexity index is 961. The van der Waals surface area contributed by atoms with Gasteiger partial charge in [-0.25, -0.2) is 13.1 Å². The molecular formula is C14H10Cl2N4O3S. The molecule has 7 nitrogen and oxygen atoms in total. The molecule has 0 aliphatic carbocycles. The Morgan fingerprint density at radius 1 is 1.04 bits per heavy atom. The maximum atomic E-state index is 12.2. The molecule has 0 unspecified atom stereocenters. The number of sulfonamides is 1. The van der Waals surface area contributed by atoms with E-state index in [0.29, 0.717) is 5.56 Å². The van der Waals surface area contributed by atoms with E-state index < -0.39 is 10.0 Å². The predicted molar refractivity (Wildman–Crippen MR) is 88.0 cm³/mol. The molecule has 0 radical (unpaired) electrons. The van der Waals surface area contributed by atoms with Crippen molar-refractivity contribution in [3.05, 3.63) is 58.7 Å². The standard InChI is InChI=1S/C14H10Cl2N4O3S/c15-11-2-1-10(7-12(11)16)24(21,22)18-8-13-19-20-14(23-13)9-3-5-17-6-4-9/h1-7,18H,8H2. The van der Waals surface area contributed by atoms with E-state index in [1.165, 1.54) is 18.2 Å². The zero-order valence-electron chi connectivity index (χ0n) is 12.0. The van der Waals surface area contributed by atoms with Crippen molar-refractivity contribution >= 4 is 33.2 Å². The van der Waals surface area contributed by atoms with Crippen molar-refractivity contribution in [1.82, 2.24) is 19.9 Å². The average Bonchev–Trinajstić information content (AvgIpc) is 3.05. The van der Waals surface area contributed by atoms with Crippen molar-refractivity contribution in [2.24, 2.45) is 0 Å². The topological polar surface area (TPSA) is 98.0 Å². The van der Waals surface area contributed by atoms with Gasteiger partial charge in [0.1, 0.15) is 0 Å². The first-order valence-corrected chi connectivity index (χ1v) is 8.87. The van der Waals surface area contributed by atoms with E-state index in [9.17, 15) is 8.42 Å². The van der Waals surface area contributed by atoms with Crippen molar-refractivity contribution in [1.29, 1.82) is 0 Å². The van der Waals surface area contributed by atoms with Crippen LogP contribution >= 0.6 is 23.2 Å². The van der Waals surface area contributed by atoms with Gasteiger partial charge in [-0.2, -0.15) is 0 Å². The number of aromatic nitrogens is 3. The lowest BCUT2D eigenvalue weighted by molar-refractivity contribution is 0.494. The van der Waals surface area contributed by atoms with Crippen LogP contribution in [0.2, 0.25) is 10.0 Å². The summed E-state index contributed by atoms with van der Waals surface area (Å²) < 4.78 is 32.3. The highest BCUT2D eigenvalue weighted by Gasteiger charge is 2.17. The van der Waals surface area contributed by atoms with Crippen molar-refractivity contribution in [2.75, 3.05) is 0 Å². The largest absolute Gasteiger partial charge is 0.419 e. The summed E-state index contributed by atoms with van der Waals surface area (Å²) >= 11 is 11.6. The van der Waals surface area contributed by atoms with E-state index in [2.05, 4.69) is 19.9 Å². The van der Waals surface area contributed by atoms with Crippen LogP contribution in [0.5, 0.6) is 0 Å². The van der Waals surface area contributed by atoms with Crippen molar-refractivity contribution in [3.8, 4) is 11.5 Å². The van der Waals surface area contributed by atoms with Gasteiger partial charge < -0.3 is 4.42 Å². The maximum Gasteiger partial charge on any atom is 0.247 e. The lowest BCUT2D eigenvalue weighted by Crippen LogP contribution is -2.23. The first kappa shape index (κ1) is 16.8. The van der Waals surface area contributed by atoms with Crippen molar-refractivity contribution in [2.45, 2.75) is 11.4 Å². The molecule has 0 amide bonds. The molecule has 0 bridgehead atoms. The minimum absolute atomic E-state index is 0.00854. The molecule has 24 heavy (non-hydrogen) atoms. The van der Waals surface area contributed by atoms with Crippen LogP contribution in [0.15, 0.2) is 52.0 Å². The second kappa shape index (κ2) is 6.86. The molecule has 0 fully saturated rings.